The Balaban J connectivity index is 1.54. The maximum atomic E-state index is 12.8. The predicted octanol–water partition coefficient (Wildman–Crippen LogP) is 0.692. The number of hydrogen-bond donors (Lipinski definition) is 2. The Morgan fingerprint density at radius 3 is 3.04 bits per heavy atom. The van der Waals surface area contributed by atoms with E-state index in [1.807, 2.05) is 0 Å². The van der Waals surface area contributed by atoms with E-state index in [9.17, 15) is 18.0 Å². The van der Waals surface area contributed by atoms with E-state index in [-0.39, 0.29) is 36.2 Å². The first-order chi connectivity index (χ1) is 13.3. The number of nitrogens with one attached hydrogen (secondary N) is 2. The molecule has 0 saturated carbocycles. The van der Waals surface area contributed by atoms with Crippen LogP contribution in [0.1, 0.15) is 18.5 Å². The van der Waals surface area contributed by atoms with Crippen molar-refractivity contribution in [1.82, 2.24) is 10.2 Å². The van der Waals surface area contributed by atoms with Gasteiger partial charge in [0.25, 0.3) is 21.8 Å². The molecule has 3 aliphatic heterocycles. The van der Waals surface area contributed by atoms with Crippen molar-refractivity contribution in [2.75, 3.05) is 24.2 Å². The molecule has 3 heterocycles. The maximum Gasteiger partial charge on any atom is 0.262 e. The van der Waals surface area contributed by atoms with Crippen LogP contribution in [-0.2, 0) is 19.6 Å². The van der Waals surface area contributed by atoms with Crippen molar-refractivity contribution in [3.63, 3.8) is 0 Å². The van der Waals surface area contributed by atoms with E-state index in [4.69, 9.17) is 4.74 Å². The van der Waals surface area contributed by atoms with E-state index in [2.05, 4.69) is 15.0 Å². The van der Waals surface area contributed by atoms with Crippen LogP contribution in [0.15, 0.2) is 46.5 Å². The van der Waals surface area contributed by atoms with Crippen molar-refractivity contribution in [3.8, 4) is 5.75 Å². The molecule has 146 valence electrons. The van der Waals surface area contributed by atoms with Gasteiger partial charge in [0.1, 0.15) is 5.75 Å². The first-order valence-electron chi connectivity index (χ1n) is 8.68. The lowest BCUT2D eigenvalue weighted by Gasteiger charge is -2.29. The minimum Gasteiger partial charge on any atom is -0.482 e. The van der Waals surface area contributed by atoms with Crippen molar-refractivity contribution in [2.45, 2.75) is 13.0 Å². The average Bonchev–Trinajstić information content (AvgIpc) is 2.66. The molecule has 0 spiro atoms. The molecule has 2 N–H and O–H groups in total. The van der Waals surface area contributed by atoms with Crippen LogP contribution >= 0.6 is 0 Å². The SMILES string of the molecule is CC(NC(=O)C1=CC=CN2CCS(=O)(=O)N=C12)c1ccc2c(c1)NC(=O)CO2. The molecule has 0 fully saturated rings. The number of ether oxygens (including phenoxy) is 1. The minimum absolute atomic E-state index is 0.0260. The highest BCUT2D eigenvalue weighted by atomic mass is 32.2. The molecule has 4 rings (SSSR count). The fraction of sp³-hybridized carbons (Fsp3) is 0.278. The third-order valence-corrected chi connectivity index (χ3v) is 5.74. The molecule has 28 heavy (non-hydrogen) atoms. The van der Waals surface area contributed by atoms with E-state index < -0.39 is 22.0 Å². The van der Waals surface area contributed by atoms with Gasteiger partial charge in [0.15, 0.2) is 12.4 Å². The van der Waals surface area contributed by atoms with Crippen LogP contribution in [0.25, 0.3) is 0 Å². The number of anilines is 1. The van der Waals surface area contributed by atoms with Gasteiger partial charge in [-0.3, -0.25) is 9.59 Å². The smallest absolute Gasteiger partial charge is 0.262 e. The molecule has 1 aromatic carbocycles. The number of benzene rings is 1. The molecule has 0 saturated heterocycles. The molecule has 1 aromatic rings. The Bertz CT molecular complexity index is 1060. The summed E-state index contributed by atoms with van der Waals surface area (Å²) in [6.45, 7) is 2.02. The number of nitrogens with zero attached hydrogens (tertiary/aromatic N) is 2. The normalized spacial score (nSPS) is 20.6. The zero-order chi connectivity index (χ0) is 19.9. The third-order valence-electron chi connectivity index (χ3n) is 4.59. The Hall–Kier alpha value is -3.14. The molecule has 1 unspecified atom stereocenters. The summed E-state index contributed by atoms with van der Waals surface area (Å²) in [6, 6.07) is 4.87. The quantitative estimate of drug-likeness (QED) is 0.768. The van der Waals surface area contributed by atoms with E-state index in [1.54, 1.807) is 48.4 Å². The maximum absolute atomic E-state index is 12.8. The van der Waals surface area contributed by atoms with Gasteiger partial charge in [0.05, 0.1) is 23.1 Å². The van der Waals surface area contributed by atoms with Crippen molar-refractivity contribution in [3.05, 3.63) is 47.7 Å². The summed E-state index contributed by atoms with van der Waals surface area (Å²) in [5, 5.41) is 5.58. The van der Waals surface area contributed by atoms with E-state index in [0.717, 1.165) is 5.56 Å². The summed E-state index contributed by atoms with van der Waals surface area (Å²) in [6.07, 6.45) is 4.92. The highest BCUT2D eigenvalue weighted by Gasteiger charge is 2.30. The lowest BCUT2D eigenvalue weighted by molar-refractivity contribution is -0.119. The topological polar surface area (TPSA) is 117 Å². The highest BCUT2D eigenvalue weighted by molar-refractivity contribution is 7.90. The van der Waals surface area contributed by atoms with Gasteiger partial charge in [-0.05, 0) is 36.8 Å². The number of allylic oxidation sites excluding steroid dienone is 2. The number of rotatable bonds is 3. The minimum atomic E-state index is -3.58. The molecule has 2 amide bonds. The number of carbonyl (C=O) groups excluding carboxylic acids is 2. The second-order valence-corrected chi connectivity index (χ2v) is 8.36. The number of fused-ring (bicyclic) bond motifs is 2. The molecule has 0 bridgehead atoms. The van der Waals surface area contributed by atoms with Gasteiger partial charge in [-0.15, -0.1) is 4.40 Å². The number of hydrogen-bond acceptors (Lipinski definition) is 6. The molecular formula is C18H18N4O5S. The molecule has 0 aliphatic carbocycles. The summed E-state index contributed by atoms with van der Waals surface area (Å²) < 4.78 is 32.8. The van der Waals surface area contributed by atoms with Crippen LogP contribution in [0.3, 0.4) is 0 Å². The fourth-order valence-corrected chi connectivity index (χ4v) is 4.11. The number of sulfonamides is 1. The van der Waals surface area contributed by atoms with Crippen LogP contribution in [0.4, 0.5) is 5.69 Å². The van der Waals surface area contributed by atoms with Gasteiger partial charge < -0.3 is 20.3 Å². The van der Waals surface area contributed by atoms with Crippen LogP contribution in [-0.4, -0.2) is 49.9 Å². The van der Waals surface area contributed by atoms with Gasteiger partial charge in [0, 0.05) is 12.7 Å². The summed E-state index contributed by atoms with van der Waals surface area (Å²) >= 11 is 0. The van der Waals surface area contributed by atoms with Gasteiger partial charge in [-0.25, -0.2) is 8.42 Å². The summed E-state index contributed by atoms with van der Waals surface area (Å²) in [5.74, 6) is -0.0634. The molecular weight excluding hydrogens is 384 g/mol. The van der Waals surface area contributed by atoms with Crippen LogP contribution in [0.5, 0.6) is 5.75 Å². The van der Waals surface area contributed by atoms with E-state index in [0.29, 0.717) is 11.4 Å². The molecule has 0 radical (unpaired) electrons. The Morgan fingerprint density at radius 1 is 1.39 bits per heavy atom. The molecule has 10 heteroatoms. The second kappa shape index (κ2) is 6.79. The molecule has 0 aromatic heterocycles. The monoisotopic (exact) mass is 402 g/mol. The second-order valence-electron chi connectivity index (χ2n) is 6.60. The lowest BCUT2D eigenvalue weighted by Crippen LogP contribution is -2.42. The van der Waals surface area contributed by atoms with E-state index >= 15 is 0 Å². The first kappa shape index (κ1) is 18.2. The van der Waals surface area contributed by atoms with Gasteiger partial charge >= 0.3 is 0 Å². The largest absolute Gasteiger partial charge is 0.482 e. The Kier molecular flexibility index (Phi) is 4.42. The van der Waals surface area contributed by atoms with Crippen molar-refractivity contribution < 1.29 is 22.7 Å². The highest BCUT2D eigenvalue weighted by Crippen LogP contribution is 2.30. The van der Waals surface area contributed by atoms with Crippen LogP contribution in [0.2, 0.25) is 0 Å². The zero-order valence-corrected chi connectivity index (χ0v) is 15.8. The van der Waals surface area contributed by atoms with Gasteiger partial charge in [0.2, 0.25) is 0 Å². The Morgan fingerprint density at radius 2 is 2.21 bits per heavy atom. The standard InChI is InChI=1S/C18H18N4O5S/c1-11(12-4-5-15-14(9-12)20-16(23)10-27-15)19-18(24)13-3-2-6-22-7-8-28(25,26)21-17(13)22/h2-6,9,11H,7-8,10H2,1H3,(H,19,24)(H,20,23). The summed E-state index contributed by atoms with van der Waals surface area (Å²) in [4.78, 5) is 25.9. The van der Waals surface area contributed by atoms with Crippen LogP contribution in [0, 0.1) is 0 Å². The zero-order valence-electron chi connectivity index (χ0n) is 15.0. The summed E-state index contributed by atoms with van der Waals surface area (Å²) in [7, 11) is -3.58. The Labute approximate surface area is 161 Å². The van der Waals surface area contributed by atoms with Crippen molar-refractivity contribution in [2.24, 2.45) is 4.40 Å². The number of carbonyl (C=O) groups is 2. The lowest BCUT2D eigenvalue weighted by atomic mass is 10.0. The molecule has 3 aliphatic rings. The number of amides is 2. The van der Waals surface area contributed by atoms with Gasteiger partial charge in [-0.1, -0.05) is 6.07 Å². The van der Waals surface area contributed by atoms with Crippen molar-refractivity contribution in [1.29, 1.82) is 0 Å². The first-order valence-corrected chi connectivity index (χ1v) is 10.3. The third kappa shape index (κ3) is 3.50. The molecule has 9 nitrogen and oxygen atoms in total. The fourth-order valence-electron chi connectivity index (χ4n) is 3.12. The van der Waals surface area contributed by atoms with Crippen molar-refractivity contribution >= 4 is 33.4 Å². The van der Waals surface area contributed by atoms with E-state index in [1.165, 1.54) is 0 Å². The van der Waals surface area contributed by atoms with Crippen LogP contribution < -0.4 is 15.4 Å². The summed E-state index contributed by atoms with van der Waals surface area (Å²) in [5.41, 5.74) is 1.50. The number of amidine groups is 1. The van der Waals surface area contributed by atoms with Gasteiger partial charge in [-0.2, -0.15) is 0 Å². The molecule has 1 atom stereocenters. The predicted molar refractivity (Wildman–Crippen MR) is 102 cm³/mol. The average molecular weight is 402 g/mol.